The maximum absolute atomic E-state index is 12.9. The molecule has 6 nitrogen and oxygen atoms in total. The number of carbonyl (C=O) groups excluding carboxylic acids is 1. The third kappa shape index (κ3) is 3.15. The molecule has 19 heavy (non-hydrogen) atoms. The monoisotopic (exact) mass is 263 g/mol. The second kappa shape index (κ2) is 5.30. The van der Waals surface area contributed by atoms with Crippen LogP contribution in [-0.4, -0.2) is 26.8 Å². The quantitative estimate of drug-likeness (QED) is 0.872. The lowest BCUT2D eigenvalue weighted by Crippen LogP contribution is -2.22. The number of halogens is 1. The maximum atomic E-state index is 12.9. The molecular formula is C12H10FN3O3. The Morgan fingerprint density at radius 1 is 1.37 bits per heavy atom. The number of rotatable bonds is 4. The highest BCUT2D eigenvalue weighted by Crippen LogP contribution is 2.09. The first-order chi connectivity index (χ1) is 9.06. The number of hydrogen-bond acceptors (Lipinski definition) is 3. The van der Waals surface area contributed by atoms with Gasteiger partial charge >= 0.3 is 5.97 Å². The molecule has 0 spiro atoms. The lowest BCUT2D eigenvalue weighted by Gasteiger charge is -2.06. The molecule has 0 aliphatic carbocycles. The van der Waals surface area contributed by atoms with Gasteiger partial charge in [-0.05, 0) is 24.3 Å². The van der Waals surface area contributed by atoms with Crippen LogP contribution in [0.5, 0.6) is 0 Å². The molecule has 7 heteroatoms. The van der Waals surface area contributed by atoms with Gasteiger partial charge in [-0.1, -0.05) is 6.07 Å². The number of carboxylic acid groups (broad SMARTS) is 1. The number of nitrogens with zero attached hydrogens (tertiary/aromatic N) is 2. The summed E-state index contributed by atoms with van der Waals surface area (Å²) in [7, 11) is 0. The smallest absolute Gasteiger partial charge is 0.354 e. The summed E-state index contributed by atoms with van der Waals surface area (Å²) >= 11 is 0. The standard InChI is InChI=1S/C12H10FN3O3/c13-8-2-1-3-9(6-8)15-11(17)7-16-10(12(18)19)4-5-14-16/h1-6H,7H2,(H,15,17)(H,18,19). The summed E-state index contributed by atoms with van der Waals surface area (Å²) in [5, 5.41) is 15.0. The molecule has 0 aliphatic heterocycles. The minimum absolute atomic E-state index is 0.0885. The van der Waals surface area contributed by atoms with Gasteiger partial charge in [-0.25, -0.2) is 13.9 Å². The van der Waals surface area contributed by atoms with E-state index in [1.54, 1.807) is 0 Å². The van der Waals surface area contributed by atoms with E-state index in [9.17, 15) is 14.0 Å². The summed E-state index contributed by atoms with van der Waals surface area (Å²) < 4.78 is 14.0. The predicted octanol–water partition coefficient (Wildman–Crippen LogP) is 1.36. The van der Waals surface area contributed by atoms with Crippen LogP contribution >= 0.6 is 0 Å². The zero-order valence-electron chi connectivity index (χ0n) is 9.71. The van der Waals surface area contributed by atoms with Crippen LogP contribution in [0.4, 0.5) is 10.1 Å². The average molecular weight is 263 g/mol. The van der Waals surface area contributed by atoms with Crippen LogP contribution in [0.15, 0.2) is 36.5 Å². The highest BCUT2D eigenvalue weighted by Gasteiger charge is 2.13. The molecule has 98 valence electrons. The van der Waals surface area contributed by atoms with E-state index >= 15 is 0 Å². The van der Waals surface area contributed by atoms with Crippen molar-refractivity contribution in [2.75, 3.05) is 5.32 Å². The summed E-state index contributed by atoms with van der Waals surface area (Å²) in [6, 6.07) is 6.70. The van der Waals surface area contributed by atoms with E-state index in [0.29, 0.717) is 5.69 Å². The van der Waals surface area contributed by atoms with Gasteiger partial charge in [0.2, 0.25) is 5.91 Å². The van der Waals surface area contributed by atoms with Gasteiger partial charge in [0.1, 0.15) is 18.1 Å². The molecule has 2 rings (SSSR count). The summed E-state index contributed by atoms with van der Waals surface area (Å²) in [6.45, 7) is -0.259. The van der Waals surface area contributed by atoms with Crippen LogP contribution in [-0.2, 0) is 11.3 Å². The molecule has 0 atom stereocenters. The Bertz CT molecular complexity index is 624. The molecule has 2 aromatic rings. The van der Waals surface area contributed by atoms with Crippen LogP contribution in [0.2, 0.25) is 0 Å². The van der Waals surface area contributed by atoms with E-state index in [2.05, 4.69) is 10.4 Å². The normalized spacial score (nSPS) is 10.2. The van der Waals surface area contributed by atoms with Gasteiger partial charge in [-0.15, -0.1) is 0 Å². The number of nitrogens with one attached hydrogen (secondary N) is 1. The molecule has 0 aliphatic rings. The van der Waals surface area contributed by atoms with Crippen molar-refractivity contribution in [3.63, 3.8) is 0 Å². The first-order valence-corrected chi connectivity index (χ1v) is 5.37. The van der Waals surface area contributed by atoms with Gasteiger partial charge < -0.3 is 10.4 Å². The summed E-state index contributed by atoms with van der Waals surface area (Å²) in [5.41, 5.74) is 0.212. The average Bonchev–Trinajstić information content (AvgIpc) is 2.76. The summed E-state index contributed by atoms with van der Waals surface area (Å²) in [5.74, 6) is -2.13. The van der Waals surface area contributed by atoms with Gasteiger partial charge in [-0.3, -0.25) is 4.79 Å². The number of carboxylic acids is 1. The fourth-order valence-electron chi connectivity index (χ4n) is 1.54. The van der Waals surface area contributed by atoms with Crippen molar-refractivity contribution >= 4 is 17.6 Å². The second-order valence-corrected chi connectivity index (χ2v) is 3.74. The van der Waals surface area contributed by atoms with Crippen LogP contribution in [0, 0.1) is 5.82 Å². The number of amides is 1. The maximum Gasteiger partial charge on any atom is 0.354 e. The molecule has 1 heterocycles. The van der Waals surface area contributed by atoms with E-state index < -0.39 is 17.7 Å². The Morgan fingerprint density at radius 3 is 2.84 bits per heavy atom. The van der Waals surface area contributed by atoms with E-state index in [1.807, 2.05) is 0 Å². The van der Waals surface area contributed by atoms with Gasteiger partial charge in [0.15, 0.2) is 0 Å². The predicted molar refractivity (Wildman–Crippen MR) is 64.2 cm³/mol. The van der Waals surface area contributed by atoms with Crippen LogP contribution in [0.1, 0.15) is 10.5 Å². The fraction of sp³-hybridized carbons (Fsp3) is 0.0833. The van der Waals surface area contributed by atoms with Crippen LogP contribution in [0.3, 0.4) is 0 Å². The Kier molecular flexibility index (Phi) is 3.56. The molecule has 1 amide bonds. The van der Waals surface area contributed by atoms with Crippen molar-refractivity contribution in [1.29, 1.82) is 0 Å². The van der Waals surface area contributed by atoms with E-state index in [1.165, 1.54) is 36.5 Å². The van der Waals surface area contributed by atoms with Crippen molar-refractivity contribution in [3.8, 4) is 0 Å². The summed E-state index contributed by atoms with van der Waals surface area (Å²) in [6.07, 6.45) is 1.29. The van der Waals surface area contributed by atoms with E-state index in [4.69, 9.17) is 5.11 Å². The Balaban J connectivity index is 2.05. The van der Waals surface area contributed by atoms with Crippen LogP contribution in [0.25, 0.3) is 0 Å². The molecule has 0 bridgehead atoms. The first kappa shape index (κ1) is 12.7. The van der Waals surface area contributed by atoms with Crippen LogP contribution < -0.4 is 5.32 Å². The molecule has 0 fully saturated rings. The van der Waals surface area contributed by atoms with Crippen molar-refractivity contribution < 1.29 is 19.1 Å². The topological polar surface area (TPSA) is 84.2 Å². The molecular weight excluding hydrogens is 253 g/mol. The lowest BCUT2D eigenvalue weighted by molar-refractivity contribution is -0.116. The van der Waals surface area contributed by atoms with E-state index in [0.717, 1.165) is 4.68 Å². The third-order valence-corrected chi connectivity index (χ3v) is 2.34. The zero-order chi connectivity index (χ0) is 13.8. The van der Waals surface area contributed by atoms with Gasteiger partial charge in [0.05, 0.1) is 0 Å². The number of anilines is 1. The number of hydrogen-bond donors (Lipinski definition) is 2. The van der Waals surface area contributed by atoms with Crippen molar-refractivity contribution in [2.24, 2.45) is 0 Å². The molecule has 0 unspecified atom stereocenters. The number of carbonyl (C=O) groups is 2. The van der Waals surface area contributed by atoms with Crippen molar-refractivity contribution in [1.82, 2.24) is 9.78 Å². The van der Waals surface area contributed by atoms with Gasteiger partial charge in [0, 0.05) is 11.9 Å². The molecule has 1 aromatic carbocycles. The number of aromatic nitrogens is 2. The van der Waals surface area contributed by atoms with E-state index in [-0.39, 0.29) is 12.2 Å². The minimum atomic E-state index is -1.17. The zero-order valence-corrected chi connectivity index (χ0v) is 9.71. The van der Waals surface area contributed by atoms with Gasteiger partial charge in [0.25, 0.3) is 0 Å². The molecule has 0 saturated heterocycles. The SMILES string of the molecule is O=C(Cn1nccc1C(=O)O)Nc1cccc(F)c1. The largest absolute Gasteiger partial charge is 0.477 e. The second-order valence-electron chi connectivity index (χ2n) is 3.74. The molecule has 0 radical (unpaired) electrons. The van der Waals surface area contributed by atoms with Gasteiger partial charge in [-0.2, -0.15) is 5.10 Å². The number of aromatic carboxylic acids is 1. The Labute approximate surface area is 107 Å². The molecule has 1 aromatic heterocycles. The Morgan fingerprint density at radius 2 is 2.16 bits per heavy atom. The highest BCUT2D eigenvalue weighted by molar-refractivity contribution is 5.91. The van der Waals surface area contributed by atoms with Crippen molar-refractivity contribution in [3.05, 3.63) is 48.0 Å². The number of benzene rings is 1. The summed E-state index contributed by atoms with van der Waals surface area (Å²) in [4.78, 5) is 22.5. The minimum Gasteiger partial charge on any atom is -0.477 e. The molecule has 2 N–H and O–H groups in total. The third-order valence-electron chi connectivity index (χ3n) is 2.34. The highest BCUT2D eigenvalue weighted by atomic mass is 19.1. The fourth-order valence-corrected chi connectivity index (χ4v) is 1.54. The Hall–Kier alpha value is -2.70. The lowest BCUT2D eigenvalue weighted by atomic mass is 10.3. The van der Waals surface area contributed by atoms with Crippen molar-refractivity contribution in [2.45, 2.75) is 6.54 Å². The first-order valence-electron chi connectivity index (χ1n) is 5.37. The molecule has 0 saturated carbocycles.